The molecule has 0 bridgehead atoms. The highest BCUT2D eigenvalue weighted by Gasteiger charge is 2.16. The summed E-state index contributed by atoms with van der Waals surface area (Å²) >= 11 is 5.75. The summed E-state index contributed by atoms with van der Waals surface area (Å²) in [4.78, 5) is 8.18. The van der Waals surface area contributed by atoms with Gasteiger partial charge in [0.2, 0.25) is 5.88 Å². The van der Waals surface area contributed by atoms with Crippen molar-refractivity contribution in [3.8, 4) is 5.88 Å². The summed E-state index contributed by atoms with van der Waals surface area (Å²) in [5, 5.41) is 6.93. The van der Waals surface area contributed by atoms with E-state index in [0.717, 1.165) is 0 Å². The van der Waals surface area contributed by atoms with E-state index in [1.54, 1.807) is 32.5 Å². The summed E-state index contributed by atoms with van der Waals surface area (Å²) in [5.74, 6) is 1.25. The fourth-order valence-electron chi connectivity index (χ4n) is 1.36. The molecule has 1 aromatic heterocycles. The number of methoxy groups -OCH3 is 1. The number of pyridine rings is 1. The van der Waals surface area contributed by atoms with Gasteiger partial charge in [0.25, 0.3) is 0 Å². The first-order valence-corrected chi connectivity index (χ1v) is 7.08. The van der Waals surface area contributed by atoms with Crippen LogP contribution in [0.25, 0.3) is 0 Å². The fraction of sp³-hybridized carbons (Fsp3) is 0.571. The first kappa shape index (κ1) is 21.2. The highest BCUT2D eigenvalue weighted by molar-refractivity contribution is 14.0. The van der Waals surface area contributed by atoms with Crippen LogP contribution in [0.4, 0.5) is 0 Å². The zero-order valence-corrected chi connectivity index (χ0v) is 16.4. The van der Waals surface area contributed by atoms with Crippen LogP contribution in [-0.4, -0.2) is 50.4 Å². The van der Waals surface area contributed by atoms with Gasteiger partial charge in [-0.1, -0.05) is 11.6 Å². The number of aromatic nitrogens is 1. The Hall–Kier alpha value is -0.800. The van der Waals surface area contributed by atoms with Crippen molar-refractivity contribution in [2.24, 2.45) is 4.99 Å². The van der Waals surface area contributed by atoms with E-state index in [1.807, 2.05) is 13.8 Å². The van der Waals surface area contributed by atoms with Gasteiger partial charge in [-0.15, -0.1) is 24.0 Å². The van der Waals surface area contributed by atoms with Crippen LogP contribution < -0.4 is 15.4 Å². The van der Waals surface area contributed by atoms with E-state index < -0.39 is 0 Å². The Bertz CT molecular complexity index is 455. The summed E-state index contributed by atoms with van der Waals surface area (Å²) < 4.78 is 10.8. The molecule has 1 heterocycles. The third kappa shape index (κ3) is 8.60. The van der Waals surface area contributed by atoms with Gasteiger partial charge in [-0.2, -0.15) is 0 Å². The molecule has 0 aliphatic rings. The van der Waals surface area contributed by atoms with Crippen LogP contribution >= 0.6 is 35.6 Å². The lowest BCUT2D eigenvalue weighted by atomic mass is 10.1. The number of ether oxygens (including phenoxy) is 2. The predicted molar refractivity (Wildman–Crippen MR) is 101 cm³/mol. The van der Waals surface area contributed by atoms with Crippen LogP contribution in [0.15, 0.2) is 23.3 Å². The molecule has 0 aromatic carbocycles. The first-order chi connectivity index (χ1) is 9.96. The number of nitrogens with zero attached hydrogens (tertiary/aromatic N) is 2. The van der Waals surface area contributed by atoms with Gasteiger partial charge in [-0.05, 0) is 19.9 Å². The molecule has 22 heavy (non-hydrogen) atoms. The number of aliphatic imine (C=N–C) groups is 1. The molecule has 0 fully saturated rings. The molecule has 1 aromatic rings. The van der Waals surface area contributed by atoms with Crippen molar-refractivity contribution >= 4 is 41.5 Å². The van der Waals surface area contributed by atoms with Gasteiger partial charge in [-0.3, -0.25) is 4.99 Å². The van der Waals surface area contributed by atoms with E-state index in [0.29, 0.717) is 36.6 Å². The number of hydrogen-bond acceptors (Lipinski definition) is 4. The molecule has 0 amide bonds. The lowest BCUT2D eigenvalue weighted by Crippen LogP contribution is -2.46. The zero-order valence-electron chi connectivity index (χ0n) is 13.4. The van der Waals surface area contributed by atoms with E-state index >= 15 is 0 Å². The van der Waals surface area contributed by atoms with Gasteiger partial charge in [0.15, 0.2) is 5.96 Å². The van der Waals surface area contributed by atoms with Crippen LogP contribution in [0, 0.1) is 0 Å². The number of nitrogens with one attached hydrogen (secondary N) is 2. The maximum Gasteiger partial charge on any atom is 0.213 e. The summed E-state index contributed by atoms with van der Waals surface area (Å²) in [6, 6.07) is 3.47. The Labute approximate surface area is 154 Å². The van der Waals surface area contributed by atoms with Gasteiger partial charge in [0.05, 0.1) is 17.2 Å². The fourth-order valence-corrected chi connectivity index (χ4v) is 1.47. The molecule has 0 spiro atoms. The quantitative estimate of drug-likeness (QED) is 0.294. The number of rotatable bonds is 7. The SMILES string of the molecule is CN=C(NCCOc1ccc(Cl)cn1)NCC(C)(C)OC.I. The third-order valence-electron chi connectivity index (χ3n) is 2.80. The molecule has 0 saturated heterocycles. The molecular formula is C14H24ClIN4O2. The number of guanidine groups is 1. The lowest BCUT2D eigenvalue weighted by Gasteiger charge is -2.24. The predicted octanol–water partition coefficient (Wildman–Crippen LogP) is 2.32. The molecule has 2 N–H and O–H groups in total. The summed E-state index contributed by atoms with van der Waals surface area (Å²) in [7, 11) is 3.40. The van der Waals surface area contributed by atoms with Crippen LogP contribution in [0.3, 0.4) is 0 Å². The Balaban J connectivity index is 0.00000441. The molecular weight excluding hydrogens is 419 g/mol. The second-order valence-corrected chi connectivity index (χ2v) is 5.42. The summed E-state index contributed by atoms with van der Waals surface area (Å²) in [5.41, 5.74) is -0.249. The summed E-state index contributed by atoms with van der Waals surface area (Å²) in [6.07, 6.45) is 1.55. The van der Waals surface area contributed by atoms with Gasteiger partial charge in [0, 0.05) is 33.0 Å². The molecule has 0 aliphatic heterocycles. The van der Waals surface area contributed by atoms with Gasteiger partial charge in [-0.25, -0.2) is 4.98 Å². The van der Waals surface area contributed by atoms with Gasteiger partial charge >= 0.3 is 0 Å². The van der Waals surface area contributed by atoms with E-state index in [1.165, 1.54) is 0 Å². The average Bonchev–Trinajstić information content (AvgIpc) is 2.48. The van der Waals surface area contributed by atoms with Crippen LogP contribution in [0.2, 0.25) is 5.02 Å². The Morgan fingerprint density at radius 2 is 2.09 bits per heavy atom. The molecule has 6 nitrogen and oxygen atoms in total. The van der Waals surface area contributed by atoms with Crippen molar-refractivity contribution < 1.29 is 9.47 Å². The largest absolute Gasteiger partial charge is 0.476 e. The minimum Gasteiger partial charge on any atom is -0.476 e. The normalized spacial score (nSPS) is 11.6. The summed E-state index contributed by atoms with van der Waals surface area (Å²) in [6.45, 7) is 5.74. The number of halogens is 2. The van der Waals surface area contributed by atoms with Crippen molar-refractivity contribution in [1.82, 2.24) is 15.6 Å². The standard InChI is InChI=1S/C14H23ClN4O2.HI/c1-14(2,20-4)10-19-13(16-3)17-7-8-21-12-6-5-11(15)9-18-12;/h5-6,9H,7-8,10H2,1-4H3,(H2,16,17,19);1H. The van der Waals surface area contributed by atoms with Crippen LogP contribution in [-0.2, 0) is 4.74 Å². The average molecular weight is 443 g/mol. The minimum atomic E-state index is -0.249. The van der Waals surface area contributed by atoms with E-state index in [9.17, 15) is 0 Å². The van der Waals surface area contributed by atoms with E-state index in [2.05, 4.69) is 20.6 Å². The first-order valence-electron chi connectivity index (χ1n) is 6.71. The van der Waals surface area contributed by atoms with E-state index in [-0.39, 0.29) is 29.6 Å². The molecule has 0 radical (unpaired) electrons. The van der Waals surface area contributed by atoms with Crippen molar-refractivity contribution in [2.75, 3.05) is 33.9 Å². The Kier molecular flexibility index (Phi) is 10.5. The zero-order chi connectivity index (χ0) is 15.7. The van der Waals surface area contributed by atoms with Crippen LogP contribution in [0.1, 0.15) is 13.8 Å². The molecule has 8 heteroatoms. The highest BCUT2D eigenvalue weighted by Crippen LogP contribution is 2.10. The molecule has 0 aliphatic carbocycles. The maximum absolute atomic E-state index is 5.75. The molecule has 1 rings (SSSR count). The highest BCUT2D eigenvalue weighted by atomic mass is 127. The second-order valence-electron chi connectivity index (χ2n) is 4.98. The Morgan fingerprint density at radius 3 is 2.64 bits per heavy atom. The van der Waals surface area contributed by atoms with E-state index in [4.69, 9.17) is 21.1 Å². The lowest BCUT2D eigenvalue weighted by molar-refractivity contribution is 0.0268. The van der Waals surface area contributed by atoms with Crippen molar-refractivity contribution in [2.45, 2.75) is 19.4 Å². The topological polar surface area (TPSA) is 67.8 Å². The van der Waals surface area contributed by atoms with Gasteiger partial charge in [0.1, 0.15) is 6.61 Å². The van der Waals surface area contributed by atoms with Crippen molar-refractivity contribution in [3.63, 3.8) is 0 Å². The van der Waals surface area contributed by atoms with Crippen molar-refractivity contribution in [1.29, 1.82) is 0 Å². The molecule has 0 atom stereocenters. The third-order valence-corrected chi connectivity index (χ3v) is 3.03. The molecule has 126 valence electrons. The molecule has 0 saturated carbocycles. The smallest absolute Gasteiger partial charge is 0.213 e. The van der Waals surface area contributed by atoms with Gasteiger partial charge < -0.3 is 20.1 Å². The van der Waals surface area contributed by atoms with Crippen LogP contribution in [0.5, 0.6) is 5.88 Å². The monoisotopic (exact) mass is 442 g/mol. The second kappa shape index (κ2) is 10.8. The van der Waals surface area contributed by atoms with Crippen molar-refractivity contribution in [3.05, 3.63) is 23.4 Å². The maximum atomic E-state index is 5.75. The minimum absolute atomic E-state index is 0. The Morgan fingerprint density at radius 1 is 1.36 bits per heavy atom. The molecule has 0 unspecified atom stereocenters. The number of hydrogen-bond donors (Lipinski definition) is 2.